The van der Waals surface area contributed by atoms with E-state index >= 15 is 0 Å². The van der Waals surface area contributed by atoms with E-state index < -0.39 is 4.92 Å². The second-order valence-corrected chi connectivity index (χ2v) is 4.07. The number of hydrogen-bond donors (Lipinski definition) is 1. The number of nitrogens with zero attached hydrogens (tertiary/aromatic N) is 1. The van der Waals surface area contributed by atoms with Gasteiger partial charge in [0.15, 0.2) is 5.75 Å². The average molecular weight is 284 g/mol. The third kappa shape index (κ3) is 5.52. The second kappa shape index (κ2) is 9.24. The minimum absolute atomic E-state index is 0.0765. The highest BCUT2D eigenvalue weighted by atomic mass is 16.6. The van der Waals surface area contributed by atoms with Gasteiger partial charge in [-0.25, -0.2) is 0 Å². The molecule has 7 nitrogen and oxygen atoms in total. The Bertz CT molecular complexity index is 425. The molecule has 7 heteroatoms. The first-order valence-electron chi connectivity index (χ1n) is 6.36. The Balaban J connectivity index is 2.41. The van der Waals surface area contributed by atoms with Crippen molar-refractivity contribution in [2.75, 3.05) is 33.5 Å². The average Bonchev–Trinajstić information content (AvgIpc) is 2.46. The number of rotatable bonds is 10. The molecule has 0 spiro atoms. The first kappa shape index (κ1) is 16.4. The van der Waals surface area contributed by atoms with Crippen molar-refractivity contribution in [1.82, 2.24) is 0 Å². The van der Waals surface area contributed by atoms with Crippen molar-refractivity contribution in [3.05, 3.63) is 33.9 Å². The third-order valence-electron chi connectivity index (χ3n) is 2.58. The molecule has 20 heavy (non-hydrogen) atoms. The molecule has 0 unspecified atom stereocenters. The van der Waals surface area contributed by atoms with Crippen LogP contribution in [-0.4, -0.2) is 38.5 Å². The van der Waals surface area contributed by atoms with E-state index in [1.807, 2.05) is 0 Å². The molecule has 0 radical (unpaired) electrons. The van der Waals surface area contributed by atoms with Gasteiger partial charge in [0.2, 0.25) is 0 Å². The summed E-state index contributed by atoms with van der Waals surface area (Å²) in [6.07, 6.45) is 0.807. The molecule has 0 saturated carbocycles. The predicted octanol–water partition coefficient (Wildman–Crippen LogP) is 1.49. The molecule has 0 atom stereocenters. The van der Waals surface area contributed by atoms with E-state index in [1.165, 1.54) is 6.07 Å². The number of nitro benzene ring substituents is 1. The Morgan fingerprint density at radius 2 is 2.05 bits per heavy atom. The molecule has 0 amide bonds. The highest BCUT2D eigenvalue weighted by Crippen LogP contribution is 2.27. The lowest BCUT2D eigenvalue weighted by Gasteiger charge is -2.08. The maximum Gasteiger partial charge on any atom is 0.311 e. The van der Waals surface area contributed by atoms with Crippen LogP contribution in [0.4, 0.5) is 5.69 Å². The van der Waals surface area contributed by atoms with E-state index in [0.29, 0.717) is 25.4 Å². The van der Waals surface area contributed by atoms with E-state index in [0.717, 1.165) is 6.42 Å². The predicted molar refractivity (Wildman–Crippen MR) is 73.8 cm³/mol. The molecule has 0 bridgehead atoms. The summed E-state index contributed by atoms with van der Waals surface area (Å²) >= 11 is 0. The Kier molecular flexibility index (Phi) is 7.56. The van der Waals surface area contributed by atoms with Gasteiger partial charge in [-0.15, -0.1) is 0 Å². The van der Waals surface area contributed by atoms with Crippen LogP contribution in [0.15, 0.2) is 18.2 Å². The van der Waals surface area contributed by atoms with Gasteiger partial charge in [0.05, 0.1) is 11.5 Å². The molecular formula is C13H20N2O5. The minimum Gasteiger partial charge on any atom is -0.484 e. The van der Waals surface area contributed by atoms with Gasteiger partial charge in [-0.05, 0) is 18.1 Å². The second-order valence-electron chi connectivity index (χ2n) is 4.07. The molecule has 0 fully saturated rings. The molecule has 0 aliphatic heterocycles. The maximum absolute atomic E-state index is 10.9. The Labute approximate surface area is 117 Å². The highest BCUT2D eigenvalue weighted by molar-refractivity contribution is 5.48. The van der Waals surface area contributed by atoms with E-state index in [2.05, 4.69) is 0 Å². The van der Waals surface area contributed by atoms with Crippen LogP contribution in [-0.2, 0) is 16.0 Å². The summed E-state index contributed by atoms with van der Waals surface area (Å²) < 4.78 is 15.6. The number of methoxy groups -OCH3 is 1. The van der Waals surface area contributed by atoms with Crippen molar-refractivity contribution in [2.45, 2.75) is 13.0 Å². The lowest BCUT2D eigenvalue weighted by Crippen LogP contribution is -2.09. The van der Waals surface area contributed by atoms with Crippen LogP contribution in [0.5, 0.6) is 5.75 Å². The third-order valence-corrected chi connectivity index (χ3v) is 2.58. The zero-order chi connectivity index (χ0) is 14.8. The fourth-order valence-electron chi connectivity index (χ4n) is 1.57. The topological polar surface area (TPSA) is 96.8 Å². The van der Waals surface area contributed by atoms with Crippen molar-refractivity contribution >= 4 is 5.69 Å². The zero-order valence-corrected chi connectivity index (χ0v) is 11.5. The molecule has 0 heterocycles. The van der Waals surface area contributed by atoms with Gasteiger partial charge < -0.3 is 19.9 Å². The summed E-state index contributed by atoms with van der Waals surface area (Å²) in [7, 11) is 1.63. The number of benzene rings is 1. The van der Waals surface area contributed by atoms with E-state index in [9.17, 15) is 10.1 Å². The first-order valence-corrected chi connectivity index (χ1v) is 6.36. The molecule has 1 rings (SSSR count). The Morgan fingerprint density at radius 3 is 2.70 bits per heavy atom. The molecule has 0 aliphatic rings. The van der Waals surface area contributed by atoms with Crippen LogP contribution in [0.1, 0.15) is 12.0 Å². The van der Waals surface area contributed by atoms with E-state index in [4.69, 9.17) is 19.9 Å². The lowest BCUT2D eigenvalue weighted by atomic mass is 10.2. The zero-order valence-electron chi connectivity index (χ0n) is 11.5. The molecule has 0 aromatic heterocycles. The summed E-state index contributed by atoms with van der Waals surface area (Å²) in [5.74, 6) is 0.229. The lowest BCUT2D eigenvalue weighted by molar-refractivity contribution is -0.385. The largest absolute Gasteiger partial charge is 0.484 e. The van der Waals surface area contributed by atoms with Gasteiger partial charge in [-0.2, -0.15) is 0 Å². The Hall–Kier alpha value is -1.70. The fourth-order valence-corrected chi connectivity index (χ4v) is 1.57. The summed E-state index contributed by atoms with van der Waals surface area (Å²) in [6, 6.07) is 4.70. The summed E-state index contributed by atoms with van der Waals surface area (Å²) in [4.78, 5) is 10.5. The van der Waals surface area contributed by atoms with Crippen LogP contribution >= 0.6 is 0 Å². The molecule has 1 aromatic carbocycles. The van der Waals surface area contributed by atoms with Gasteiger partial charge in [-0.3, -0.25) is 10.1 Å². The minimum atomic E-state index is -0.478. The maximum atomic E-state index is 10.9. The standard InChI is InChI=1S/C13H20N2O5/c1-18-5-2-6-19-7-8-20-13-4-3-11(10-14)9-12(13)15(16)17/h3-4,9H,2,5-8,10,14H2,1H3. The quantitative estimate of drug-likeness (QED) is 0.397. The molecule has 0 aliphatic carbocycles. The van der Waals surface area contributed by atoms with Crippen LogP contribution in [0.2, 0.25) is 0 Å². The molecule has 2 N–H and O–H groups in total. The molecule has 1 aromatic rings. The number of nitro groups is 1. The monoisotopic (exact) mass is 284 g/mol. The van der Waals surface area contributed by atoms with E-state index in [-0.39, 0.29) is 24.6 Å². The highest BCUT2D eigenvalue weighted by Gasteiger charge is 2.15. The van der Waals surface area contributed by atoms with Gasteiger partial charge >= 0.3 is 5.69 Å². The summed E-state index contributed by atoms with van der Waals surface area (Å²) in [5.41, 5.74) is 6.07. The van der Waals surface area contributed by atoms with Crippen molar-refractivity contribution < 1.29 is 19.1 Å². The van der Waals surface area contributed by atoms with Gasteiger partial charge in [0.1, 0.15) is 6.61 Å². The fraction of sp³-hybridized carbons (Fsp3) is 0.538. The van der Waals surface area contributed by atoms with Gasteiger partial charge in [-0.1, -0.05) is 6.07 Å². The summed E-state index contributed by atoms with van der Waals surface area (Å²) in [6.45, 7) is 2.11. The van der Waals surface area contributed by atoms with Crippen LogP contribution < -0.4 is 10.5 Å². The summed E-state index contributed by atoms with van der Waals surface area (Å²) in [5, 5.41) is 10.9. The number of hydrogen-bond acceptors (Lipinski definition) is 6. The van der Waals surface area contributed by atoms with Crippen LogP contribution in [0.25, 0.3) is 0 Å². The SMILES string of the molecule is COCCCOCCOc1ccc(CN)cc1[N+](=O)[O-]. The van der Waals surface area contributed by atoms with Crippen molar-refractivity contribution in [3.8, 4) is 5.75 Å². The first-order chi connectivity index (χ1) is 9.69. The van der Waals surface area contributed by atoms with Gasteiger partial charge in [0, 0.05) is 32.9 Å². The Morgan fingerprint density at radius 1 is 1.25 bits per heavy atom. The normalized spacial score (nSPS) is 10.5. The van der Waals surface area contributed by atoms with E-state index in [1.54, 1.807) is 19.2 Å². The van der Waals surface area contributed by atoms with Gasteiger partial charge in [0.25, 0.3) is 0 Å². The molecule has 112 valence electrons. The van der Waals surface area contributed by atoms with Crippen molar-refractivity contribution in [1.29, 1.82) is 0 Å². The molecule has 0 saturated heterocycles. The smallest absolute Gasteiger partial charge is 0.311 e. The van der Waals surface area contributed by atoms with Crippen molar-refractivity contribution in [3.63, 3.8) is 0 Å². The van der Waals surface area contributed by atoms with Crippen molar-refractivity contribution in [2.24, 2.45) is 5.73 Å². The molecular weight excluding hydrogens is 264 g/mol. The number of ether oxygens (including phenoxy) is 3. The van der Waals surface area contributed by atoms with Crippen LogP contribution in [0.3, 0.4) is 0 Å². The van der Waals surface area contributed by atoms with Crippen LogP contribution in [0, 0.1) is 10.1 Å². The number of nitrogens with two attached hydrogens (primary N) is 1.